The number of rotatable bonds is 3. The van der Waals surface area contributed by atoms with E-state index in [-0.39, 0.29) is 11.9 Å². The molecule has 2 rings (SSSR count). The van der Waals surface area contributed by atoms with E-state index in [9.17, 15) is 4.39 Å². The molecule has 3 unspecified atom stereocenters. The van der Waals surface area contributed by atoms with Crippen LogP contribution in [-0.2, 0) is 0 Å². The zero-order valence-corrected chi connectivity index (χ0v) is 9.91. The lowest BCUT2D eigenvalue weighted by Gasteiger charge is -2.19. The number of hydrogen-bond acceptors (Lipinski definition) is 2. The standard InChI is InChI=1S/C13H19FN2/c1-9-3-4-13(5-9)16-10(2)11-6-12(14)8-15-7-11/h6-10,13,16H,3-5H2,1-2H3. The smallest absolute Gasteiger partial charge is 0.141 e. The average molecular weight is 222 g/mol. The van der Waals surface area contributed by atoms with Crippen LogP contribution < -0.4 is 5.32 Å². The third kappa shape index (κ3) is 2.79. The Labute approximate surface area is 96.3 Å². The molecule has 0 aliphatic heterocycles. The summed E-state index contributed by atoms with van der Waals surface area (Å²) < 4.78 is 13.0. The molecule has 0 spiro atoms. The average Bonchev–Trinajstić information content (AvgIpc) is 2.64. The number of nitrogens with one attached hydrogen (secondary N) is 1. The normalized spacial score (nSPS) is 26.9. The van der Waals surface area contributed by atoms with E-state index in [2.05, 4.69) is 24.1 Å². The summed E-state index contributed by atoms with van der Waals surface area (Å²) in [5, 5.41) is 3.55. The molecule has 1 saturated carbocycles. The van der Waals surface area contributed by atoms with E-state index in [1.54, 1.807) is 12.3 Å². The van der Waals surface area contributed by atoms with Crippen LogP contribution in [0.25, 0.3) is 0 Å². The fourth-order valence-corrected chi connectivity index (χ4v) is 2.47. The van der Waals surface area contributed by atoms with Crippen molar-refractivity contribution in [3.8, 4) is 0 Å². The van der Waals surface area contributed by atoms with Gasteiger partial charge in [-0.2, -0.15) is 0 Å². The first kappa shape index (κ1) is 11.5. The second kappa shape index (κ2) is 4.91. The van der Waals surface area contributed by atoms with Crippen LogP contribution in [0.3, 0.4) is 0 Å². The minimum atomic E-state index is -0.258. The Morgan fingerprint density at radius 1 is 1.44 bits per heavy atom. The van der Waals surface area contributed by atoms with Gasteiger partial charge in [-0.05, 0) is 43.7 Å². The van der Waals surface area contributed by atoms with Gasteiger partial charge in [-0.25, -0.2) is 4.39 Å². The third-order valence-electron chi connectivity index (χ3n) is 3.41. The first-order chi connectivity index (χ1) is 7.65. The Balaban J connectivity index is 1.95. The Bertz CT molecular complexity index is 354. The highest BCUT2D eigenvalue weighted by molar-refractivity contribution is 5.14. The predicted molar refractivity (Wildman–Crippen MR) is 62.5 cm³/mol. The van der Waals surface area contributed by atoms with E-state index in [0.29, 0.717) is 6.04 Å². The van der Waals surface area contributed by atoms with E-state index in [1.807, 2.05) is 0 Å². The highest BCUT2D eigenvalue weighted by Gasteiger charge is 2.22. The Kier molecular flexibility index (Phi) is 3.54. The highest BCUT2D eigenvalue weighted by atomic mass is 19.1. The molecule has 0 radical (unpaired) electrons. The number of pyridine rings is 1. The van der Waals surface area contributed by atoms with Crippen LogP contribution in [-0.4, -0.2) is 11.0 Å². The molecule has 0 saturated heterocycles. The molecule has 1 aliphatic carbocycles. The van der Waals surface area contributed by atoms with Crippen LogP contribution >= 0.6 is 0 Å². The van der Waals surface area contributed by atoms with Crippen molar-refractivity contribution in [2.45, 2.75) is 45.2 Å². The van der Waals surface area contributed by atoms with Gasteiger partial charge < -0.3 is 5.32 Å². The van der Waals surface area contributed by atoms with Crippen LogP contribution in [0.5, 0.6) is 0 Å². The maximum absolute atomic E-state index is 13.0. The molecule has 1 aromatic rings. The molecule has 0 aromatic carbocycles. The van der Waals surface area contributed by atoms with Crippen molar-refractivity contribution in [3.05, 3.63) is 29.8 Å². The molecule has 1 fully saturated rings. The van der Waals surface area contributed by atoms with Crippen molar-refractivity contribution < 1.29 is 4.39 Å². The van der Waals surface area contributed by atoms with Gasteiger partial charge in [-0.3, -0.25) is 4.98 Å². The monoisotopic (exact) mass is 222 g/mol. The third-order valence-corrected chi connectivity index (χ3v) is 3.41. The van der Waals surface area contributed by atoms with Gasteiger partial charge >= 0.3 is 0 Å². The van der Waals surface area contributed by atoms with Crippen LogP contribution in [0.2, 0.25) is 0 Å². The van der Waals surface area contributed by atoms with E-state index < -0.39 is 0 Å². The maximum Gasteiger partial charge on any atom is 0.141 e. The van der Waals surface area contributed by atoms with Crippen LogP contribution in [0.1, 0.15) is 44.7 Å². The quantitative estimate of drug-likeness (QED) is 0.850. The number of nitrogens with zero attached hydrogens (tertiary/aromatic N) is 1. The largest absolute Gasteiger partial charge is 0.307 e. The minimum Gasteiger partial charge on any atom is -0.307 e. The van der Waals surface area contributed by atoms with Gasteiger partial charge in [-0.1, -0.05) is 6.92 Å². The van der Waals surface area contributed by atoms with E-state index in [4.69, 9.17) is 0 Å². The first-order valence-corrected chi connectivity index (χ1v) is 6.01. The van der Waals surface area contributed by atoms with Gasteiger partial charge in [0.15, 0.2) is 0 Å². The molecule has 16 heavy (non-hydrogen) atoms. The molecular weight excluding hydrogens is 203 g/mol. The molecule has 1 aromatic heterocycles. The molecule has 88 valence electrons. The summed E-state index contributed by atoms with van der Waals surface area (Å²) in [6.07, 6.45) is 6.74. The second-order valence-corrected chi connectivity index (χ2v) is 4.94. The highest BCUT2D eigenvalue weighted by Crippen LogP contribution is 2.26. The SMILES string of the molecule is CC1CCC(NC(C)c2cncc(F)c2)C1. The molecule has 0 amide bonds. The van der Waals surface area contributed by atoms with E-state index in [1.165, 1.54) is 25.5 Å². The van der Waals surface area contributed by atoms with Crippen LogP contribution in [0.4, 0.5) is 4.39 Å². The van der Waals surface area contributed by atoms with Crippen molar-refractivity contribution in [2.75, 3.05) is 0 Å². The zero-order chi connectivity index (χ0) is 11.5. The summed E-state index contributed by atoms with van der Waals surface area (Å²) in [5.41, 5.74) is 0.930. The molecular formula is C13H19FN2. The second-order valence-electron chi connectivity index (χ2n) is 4.94. The molecule has 3 heteroatoms. The van der Waals surface area contributed by atoms with Crippen molar-refractivity contribution in [1.29, 1.82) is 0 Å². The molecule has 3 atom stereocenters. The minimum absolute atomic E-state index is 0.179. The van der Waals surface area contributed by atoms with Gasteiger partial charge in [-0.15, -0.1) is 0 Å². The number of hydrogen-bond donors (Lipinski definition) is 1. The van der Waals surface area contributed by atoms with Gasteiger partial charge in [0.05, 0.1) is 6.20 Å². The summed E-state index contributed by atoms with van der Waals surface area (Å²) in [5.74, 6) is 0.557. The molecule has 1 aliphatic rings. The lowest BCUT2D eigenvalue weighted by molar-refractivity contribution is 0.447. The first-order valence-electron chi connectivity index (χ1n) is 6.01. The lowest BCUT2D eigenvalue weighted by atomic mass is 10.1. The molecule has 1 heterocycles. The molecule has 2 nitrogen and oxygen atoms in total. The topological polar surface area (TPSA) is 24.9 Å². The fourth-order valence-electron chi connectivity index (χ4n) is 2.47. The van der Waals surface area contributed by atoms with Crippen molar-refractivity contribution >= 4 is 0 Å². The van der Waals surface area contributed by atoms with Gasteiger partial charge in [0.2, 0.25) is 0 Å². The van der Waals surface area contributed by atoms with Crippen LogP contribution in [0.15, 0.2) is 18.5 Å². The summed E-state index contributed by atoms with van der Waals surface area (Å²) in [4.78, 5) is 3.88. The Hall–Kier alpha value is -0.960. The van der Waals surface area contributed by atoms with E-state index >= 15 is 0 Å². The number of aromatic nitrogens is 1. The van der Waals surface area contributed by atoms with Crippen LogP contribution in [0, 0.1) is 11.7 Å². The Morgan fingerprint density at radius 3 is 2.88 bits per heavy atom. The van der Waals surface area contributed by atoms with Gasteiger partial charge in [0.25, 0.3) is 0 Å². The van der Waals surface area contributed by atoms with Crippen molar-refractivity contribution in [3.63, 3.8) is 0 Å². The summed E-state index contributed by atoms with van der Waals surface area (Å²) >= 11 is 0. The predicted octanol–water partition coefficient (Wildman–Crippen LogP) is 3.06. The fraction of sp³-hybridized carbons (Fsp3) is 0.615. The van der Waals surface area contributed by atoms with E-state index in [0.717, 1.165) is 11.5 Å². The lowest BCUT2D eigenvalue weighted by Crippen LogP contribution is -2.29. The van der Waals surface area contributed by atoms with Gasteiger partial charge in [0, 0.05) is 18.3 Å². The summed E-state index contributed by atoms with van der Waals surface area (Å²) in [7, 11) is 0. The van der Waals surface area contributed by atoms with Crippen molar-refractivity contribution in [1.82, 2.24) is 10.3 Å². The molecule has 0 bridgehead atoms. The number of halogens is 1. The zero-order valence-electron chi connectivity index (χ0n) is 9.91. The van der Waals surface area contributed by atoms with Gasteiger partial charge in [0.1, 0.15) is 5.82 Å². The maximum atomic E-state index is 13.0. The summed E-state index contributed by atoms with van der Waals surface area (Å²) in [6, 6.07) is 2.31. The Morgan fingerprint density at radius 2 is 2.25 bits per heavy atom. The molecule has 1 N–H and O–H groups in total. The van der Waals surface area contributed by atoms with Crippen molar-refractivity contribution in [2.24, 2.45) is 5.92 Å². The summed E-state index contributed by atoms with van der Waals surface area (Å²) in [6.45, 7) is 4.36.